The third-order valence-corrected chi connectivity index (χ3v) is 7.13. The molecule has 0 bridgehead atoms. The standard InChI is InChI=1S/C30H33ClN2O2/c1-22(30(35)32-27-17-8-9-18-27)33(21-23-11-10-16-26(31)19-23)29(34)20-28(24-12-4-2-5-13-24)25-14-6-3-7-15-25/h2-7,10-16,19,22,27-28H,8-9,17-18,20-21H2,1H3,(H,32,35)/t22-/m0/s1. The van der Waals surface area contributed by atoms with E-state index in [9.17, 15) is 9.59 Å². The molecule has 0 unspecified atom stereocenters. The number of carbonyl (C=O) groups is 2. The first-order valence-corrected chi connectivity index (χ1v) is 12.8. The molecule has 0 heterocycles. The van der Waals surface area contributed by atoms with Gasteiger partial charge in [-0.3, -0.25) is 9.59 Å². The average molecular weight is 489 g/mol. The van der Waals surface area contributed by atoms with Crippen molar-refractivity contribution in [2.45, 2.75) is 63.6 Å². The third-order valence-electron chi connectivity index (χ3n) is 6.89. The number of amides is 2. The molecule has 35 heavy (non-hydrogen) atoms. The predicted molar refractivity (Wildman–Crippen MR) is 141 cm³/mol. The van der Waals surface area contributed by atoms with Gasteiger partial charge in [-0.25, -0.2) is 0 Å². The van der Waals surface area contributed by atoms with Gasteiger partial charge in [-0.05, 0) is 48.6 Å². The van der Waals surface area contributed by atoms with Gasteiger partial charge in [-0.15, -0.1) is 0 Å². The monoisotopic (exact) mass is 488 g/mol. The van der Waals surface area contributed by atoms with Crippen molar-refractivity contribution in [2.75, 3.05) is 0 Å². The number of hydrogen-bond donors (Lipinski definition) is 1. The zero-order valence-electron chi connectivity index (χ0n) is 20.2. The molecule has 1 atom stereocenters. The molecule has 2 amide bonds. The lowest BCUT2D eigenvalue weighted by Gasteiger charge is -2.31. The summed E-state index contributed by atoms with van der Waals surface area (Å²) in [6.45, 7) is 2.15. The largest absolute Gasteiger partial charge is 0.352 e. The highest BCUT2D eigenvalue weighted by atomic mass is 35.5. The van der Waals surface area contributed by atoms with Crippen molar-refractivity contribution in [3.63, 3.8) is 0 Å². The van der Waals surface area contributed by atoms with E-state index in [4.69, 9.17) is 11.6 Å². The molecule has 0 aliphatic heterocycles. The molecule has 0 spiro atoms. The Labute approximate surface area is 213 Å². The van der Waals surface area contributed by atoms with Crippen LogP contribution in [0.2, 0.25) is 5.02 Å². The number of halogens is 1. The molecule has 1 fully saturated rings. The maximum absolute atomic E-state index is 13.9. The summed E-state index contributed by atoms with van der Waals surface area (Å²) in [6.07, 6.45) is 4.56. The summed E-state index contributed by atoms with van der Waals surface area (Å²) in [7, 11) is 0. The SMILES string of the molecule is C[C@@H](C(=O)NC1CCCC1)N(Cc1cccc(Cl)c1)C(=O)CC(c1ccccc1)c1ccccc1. The minimum atomic E-state index is -0.589. The van der Waals surface area contributed by atoms with Gasteiger partial charge >= 0.3 is 0 Å². The van der Waals surface area contributed by atoms with Gasteiger partial charge in [0, 0.05) is 29.9 Å². The molecular weight excluding hydrogens is 456 g/mol. The molecule has 1 aliphatic rings. The van der Waals surface area contributed by atoms with Crippen molar-refractivity contribution >= 4 is 23.4 Å². The second kappa shape index (κ2) is 12.0. The Balaban J connectivity index is 1.60. The van der Waals surface area contributed by atoms with Gasteiger partial charge < -0.3 is 10.2 Å². The van der Waals surface area contributed by atoms with E-state index in [-0.39, 0.29) is 30.2 Å². The summed E-state index contributed by atoms with van der Waals surface area (Å²) in [5.41, 5.74) is 3.07. The lowest BCUT2D eigenvalue weighted by atomic mass is 9.88. The Kier molecular flexibility index (Phi) is 8.59. The van der Waals surface area contributed by atoms with Crippen LogP contribution in [0.3, 0.4) is 0 Å². The second-order valence-corrected chi connectivity index (χ2v) is 9.83. The summed E-state index contributed by atoms with van der Waals surface area (Å²) in [5.74, 6) is -0.253. The molecule has 0 radical (unpaired) electrons. The van der Waals surface area contributed by atoms with Crippen LogP contribution in [-0.2, 0) is 16.1 Å². The highest BCUT2D eigenvalue weighted by Gasteiger charge is 2.30. The van der Waals surface area contributed by atoms with E-state index in [0.29, 0.717) is 11.6 Å². The van der Waals surface area contributed by atoms with Crippen molar-refractivity contribution in [2.24, 2.45) is 0 Å². The molecule has 4 rings (SSSR count). The minimum Gasteiger partial charge on any atom is -0.352 e. The van der Waals surface area contributed by atoms with E-state index in [1.54, 1.807) is 4.90 Å². The van der Waals surface area contributed by atoms with Crippen molar-refractivity contribution in [1.82, 2.24) is 10.2 Å². The van der Waals surface area contributed by atoms with E-state index in [1.807, 2.05) is 67.6 Å². The molecule has 0 saturated heterocycles. The molecule has 1 N–H and O–H groups in total. The molecule has 1 saturated carbocycles. The lowest BCUT2D eigenvalue weighted by molar-refractivity contribution is -0.141. The van der Waals surface area contributed by atoms with Crippen molar-refractivity contribution < 1.29 is 9.59 Å². The maximum Gasteiger partial charge on any atom is 0.242 e. The van der Waals surface area contributed by atoms with Gasteiger partial charge in [0.15, 0.2) is 0 Å². The van der Waals surface area contributed by atoms with Crippen LogP contribution in [0.5, 0.6) is 0 Å². The first-order valence-electron chi connectivity index (χ1n) is 12.5. The van der Waals surface area contributed by atoms with E-state index < -0.39 is 6.04 Å². The lowest BCUT2D eigenvalue weighted by Crippen LogP contribution is -2.49. The van der Waals surface area contributed by atoms with Gasteiger partial charge in [0.25, 0.3) is 0 Å². The van der Waals surface area contributed by atoms with E-state index >= 15 is 0 Å². The Bertz CT molecular complexity index is 1070. The molecule has 0 aromatic heterocycles. The van der Waals surface area contributed by atoms with E-state index in [1.165, 1.54) is 0 Å². The zero-order chi connectivity index (χ0) is 24.6. The highest BCUT2D eigenvalue weighted by Crippen LogP contribution is 2.29. The van der Waals surface area contributed by atoms with E-state index in [2.05, 4.69) is 29.6 Å². The van der Waals surface area contributed by atoms with Gasteiger partial charge in [0.1, 0.15) is 6.04 Å². The van der Waals surface area contributed by atoms with Gasteiger partial charge in [-0.2, -0.15) is 0 Å². The fourth-order valence-corrected chi connectivity index (χ4v) is 5.11. The first-order chi connectivity index (χ1) is 17.0. The zero-order valence-corrected chi connectivity index (χ0v) is 21.0. The molecule has 3 aromatic rings. The summed E-state index contributed by atoms with van der Waals surface area (Å²) in [6, 6.07) is 27.3. The van der Waals surface area contributed by atoms with Gasteiger partial charge in [-0.1, -0.05) is 97.2 Å². The van der Waals surface area contributed by atoms with Crippen molar-refractivity contribution in [3.8, 4) is 0 Å². The van der Waals surface area contributed by atoms with Crippen LogP contribution in [0, 0.1) is 0 Å². The Morgan fingerprint density at radius 3 is 2.09 bits per heavy atom. The number of hydrogen-bond acceptors (Lipinski definition) is 2. The Morgan fingerprint density at radius 1 is 0.914 bits per heavy atom. The maximum atomic E-state index is 13.9. The molecule has 1 aliphatic carbocycles. The quantitative estimate of drug-likeness (QED) is 0.382. The minimum absolute atomic E-state index is 0.0586. The smallest absolute Gasteiger partial charge is 0.242 e. The van der Waals surface area contributed by atoms with Crippen LogP contribution in [0.25, 0.3) is 0 Å². The van der Waals surface area contributed by atoms with Crippen molar-refractivity contribution in [3.05, 3.63) is 107 Å². The molecule has 4 nitrogen and oxygen atoms in total. The van der Waals surface area contributed by atoms with Crippen LogP contribution in [0.1, 0.15) is 61.6 Å². The third kappa shape index (κ3) is 6.73. The fourth-order valence-electron chi connectivity index (χ4n) is 4.90. The second-order valence-electron chi connectivity index (χ2n) is 9.40. The molecular formula is C30H33ClN2O2. The first kappa shape index (κ1) is 25.0. The molecule has 3 aromatic carbocycles. The highest BCUT2D eigenvalue weighted by molar-refractivity contribution is 6.30. The number of carbonyl (C=O) groups excluding carboxylic acids is 2. The number of nitrogens with zero attached hydrogens (tertiary/aromatic N) is 1. The average Bonchev–Trinajstić information content (AvgIpc) is 3.39. The van der Waals surface area contributed by atoms with Crippen LogP contribution in [-0.4, -0.2) is 28.8 Å². The topological polar surface area (TPSA) is 49.4 Å². The number of benzene rings is 3. The van der Waals surface area contributed by atoms with Gasteiger partial charge in [0.2, 0.25) is 11.8 Å². The number of nitrogens with one attached hydrogen (secondary N) is 1. The summed E-state index contributed by atoms with van der Waals surface area (Å²) >= 11 is 6.23. The van der Waals surface area contributed by atoms with Crippen LogP contribution in [0.4, 0.5) is 0 Å². The summed E-state index contributed by atoms with van der Waals surface area (Å²) < 4.78 is 0. The van der Waals surface area contributed by atoms with Crippen LogP contribution < -0.4 is 5.32 Å². The van der Waals surface area contributed by atoms with Crippen molar-refractivity contribution in [1.29, 1.82) is 0 Å². The van der Waals surface area contributed by atoms with E-state index in [0.717, 1.165) is 42.4 Å². The fraction of sp³-hybridized carbons (Fsp3) is 0.333. The Hall–Kier alpha value is -3.11. The Morgan fingerprint density at radius 2 is 1.51 bits per heavy atom. The summed E-state index contributed by atoms with van der Waals surface area (Å²) in [4.78, 5) is 28.8. The normalized spacial score (nSPS) is 14.6. The molecule has 5 heteroatoms. The van der Waals surface area contributed by atoms with Crippen LogP contribution >= 0.6 is 11.6 Å². The number of rotatable bonds is 9. The molecule has 182 valence electrons. The van der Waals surface area contributed by atoms with Crippen LogP contribution in [0.15, 0.2) is 84.9 Å². The predicted octanol–water partition coefficient (Wildman–Crippen LogP) is 6.34. The van der Waals surface area contributed by atoms with Gasteiger partial charge in [0.05, 0.1) is 0 Å². The summed E-state index contributed by atoms with van der Waals surface area (Å²) in [5, 5.41) is 3.78.